The third-order valence-corrected chi connectivity index (χ3v) is 7.65. The minimum atomic E-state index is -0.584. The van der Waals surface area contributed by atoms with Gasteiger partial charge in [0, 0.05) is 22.5 Å². The second kappa shape index (κ2) is 8.85. The lowest BCUT2D eigenvalue weighted by molar-refractivity contribution is -0.128. The molecule has 0 spiro atoms. The van der Waals surface area contributed by atoms with Crippen molar-refractivity contribution in [1.29, 1.82) is 0 Å². The van der Waals surface area contributed by atoms with Crippen LogP contribution in [0.15, 0.2) is 18.3 Å². The molecule has 34 heavy (non-hydrogen) atoms. The Morgan fingerprint density at radius 2 is 1.94 bits per heavy atom. The normalized spacial score (nSPS) is 23.0. The van der Waals surface area contributed by atoms with E-state index in [1.54, 1.807) is 6.20 Å². The van der Waals surface area contributed by atoms with Gasteiger partial charge in [-0.2, -0.15) is 4.98 Å². The average molecular weight is 506 g/mol. The lowest BCUT2D eigenvalue weighted by atomic mass is 9.73. The molecule has 0 bridgehead atoms. The van der Waals surface area contributed by atoms with E-state index in [0.717, 1.165) is 12.8 Å². The molecule has 1 aromatic carbocycles. The van der Waals surface area contributed by atoms with Crippen LogP contribution in [0.25, 0.3) is 11.2 Å². The molecule has 8 nitrogen and oxygen atoms in total. The van der Waals surface area contributed by atoms with Crippen molar-refractivity contribution in [2.24, 2.45) is 11.1 Å². The van der Waals surface area contributed by atoms with E-state index >= 15 is 0 Å². The van der Waals surface area contributed by atoms with Gasteiger partial charge < -0.3 is 16.4 Å². The SMILES string of the molecule is C[C@]1(C(N)=O)CC[C@@H](n2c(Nc3c(F)cc(Cl)cc3Cl)nc3cnc(NC4CCC4)nc32)CC1. The fourth-order valence-corrected chi connectivity index (χ4v) is 5.16. The van der Waals surface area contributed by atoms with E-state index in [4.69, 9.17) is 33.9 Å². The maximum Gasteiger partial charge on any atom is 0.224 e. The summed E-state index contributed by atoms with van der Waals surface area (Å²) < 4.78 is 16.7. The number of anilines is 3. The highest BCUT2D eigenvalue weighted by molar-refractivity contribution is 6.36. The van der Waals surface area contributed by atoms with Crippen LogP contribution in [0.3, 0.4) is 0 Å². The van der Waals surface area contributed by atoms with Gasteiger partial charge in [-0.05, 0) is 57.1 Å². The Hall–Kier alpha value is -2.65. The summed E-state index contributed by atoms with van der Waals surface area (Å²) in [6.07, 6.45) is 7.73. The van der Waals surface area contributed by atoms with Crippen LogP contribution in [-0.2, 0) is 4.79 Å². The zero-order chi connectivity index (χ0) is 24.0. The van der Waals surface area contributed by atoms with Crippen LogP contribution in [0.1, 0.15) is 57.9 Å². The predicted octanol–water partition coefficient (Wildman–Crippen LogP) is 5.59. The van der Waals surface area contributed by atoms with Crippen molar-refractivity contribution in [3.05, 3.63) is 34.2 Å². The summed E-state index contributed by atoms with van der Waals surface area (Å²) in [6, 6.07) is 3.03. The first-order valence-electron chi connectivity index (χ1n) is 11.5. The molecule has 2 saturated carbocycles. The second-order valence-electron chi connectivity index (χ2n) is 9.51. The van der Waals surface area contributed by atoms with Crippen LogP contribution in [0.5, 0.6) is 0 Å². The molecule has 0 radical (unpaired) electrons. The number of hydrogen-bond donors (Lipinski definition) is 3. The number of imidazole rings is 1. The van der Waals surface area contributed by atoms with Crippen molar-refractivity contribution in [2.75, 3.05) is 10.6 Å². The topological polar surface area (TPSA) is 111 Å². The van der Waals surface area contributed by atoms with Gasteiger partial charge in [0.2, 0.25) is 17.8 Å². The maximum atomic E-state index is 14.7. The summed E-state index contributed by atoms with van der Waals surface area (Å²) in [5.41, 5.74) is 6.41. The highest BCUT2D eigenvalue weighted by Crippen LogP contribution is 2.43. The Kier molecular flexibility index (Phi) is 6.02. The molecule has 2 aromatic heterocycles. The number of halogens is 3. The van der Waals surface area contributed by atoms with Gasteiger partial charge in [-0.1, -0.05) is 30.1 Å². The molecule has 3 aromatic rings. The molecular weight excluding hydrogens is 480 g/mol. The van der Waals surface area contributed by atoms with Crippen molar-refractivity contribution in [3.8, 4) is 0 Å². The summed E-state index contributed by atoms with van der Waals surface area (Å²) in [6.45, 7) is 1.91. The second-order valence-corrected chi connectivity index (χ2v) is 10.3. The highest BCUT2D eigenvalue weighted by atomic mass is 35.5. The summed E-state index contributed by atoms with van der Waals surface area (Å²) in [5, 5.41) is 6.78. The molecule has 2 fully saturated rings. The molecule has 0 unspecified atom stereocenters. The van der Waals surface area contributed by atoms with Crippen molar-refractivity contribution in [3.63, 3.8) is 0 Å². The van der Waals surface area contributed by atoms with Gasteiger partial charge in [-0.25, -0.2) is 14.4 Å². The average Bonchev–Trinajstić information content (AvgIpc) is 3.11. The van der Waals surface area contributed by atoms with E-state index in [9.17, 15) is 9.18 Å². The first kappa shape index (κ1) is 23.1. The number of fused-ring (bicyclic) bond motifs is 1. The van der Waals surface area contributed by atoms with Crippen molar-refractivity contribution >= 4 is 57.9 Å². The fourth-order valence-electron chi connectivity index (χ4n) is 4.65. The number of benzene rings is 1. The number of carbonyl (C=O) groups excluding carboxylic acids is 1. The van der Waals surface area contributed by atoms with Gasteiger partial charge in [0.05, 0.1) is 16.9 Å². The predicted molar refractivity (Wildman–Crippen MR) is 131 cm³/mol. The fraction of sp³-hybridized carbons (Fsp3) is 0.478. The molecule has 0 saturated heterocycles. The van der Waals surface area contributed by atoms with Crippen LogP contribution < -0.4 is 16.4 Å². The highest BCUT2D eigenvalue weighted by Gasteiger charge is 2.38. The van der Waals surface area contributed by atoms with E-state index < -0.39 is 11.2 Å². The van der Waals surface area contributed by atoms with Gasteiger partial charge in [0.15, 0.2) is 5.65 Å². The Balaban J connectivity index is 1.55. The zero-order valence-electron chi connectivity index (χ0n) is 18.7. The third kappa shape index (κ3) is 4.27. The maximum absolute atomic E-state index is 14.7. The molecule has 11 heteroatoms. The molecule has 2 aliphatic carbocycles. The molecule has 0 atom stereocenters. The number of rotatable bonds is 6. The zero-order valence-corrected chi connectivity index (χ0v) is 20.3. The Morgan fingerprint density at radius 1 is 1.21 bits per heavy atom. The number of nitrogens with one attached hydrogen (secondary N) is 2. The summed E-state index contributed by atoms with van der Waals surface area (Å²) in [4.78, 5) is 25.8. The minimum absolute atomic E-state index is 0.0134. The Bertz CT molecular complexity index is 1230. The van der Waals surface area contributed by atoms with Crippen molar-refractivity contribution in [2.45, 2.75) is 64.0 Å². The third-order valence-electron chi connectivity index (χ3n) is 7.13. The molecule has 5 rings (SSSR count). The monoisotopic (exact) mass is 505 g/mol. The van der Waals surface area contributed by atoms with Gasteiger partial charge >= 0.3 is 0 Å². The molecule has 2 heterocycles. The number of carbonyl (C=O) groups is 1. The largest absolute Gasteiger partial charge is 0.369 e. The number of hydrogen-bond acceptors (Lipinski definition) is 6. The number of amides is 1. The quantitative estimate of drug-likeness (QED) is 0.402. The van der Waals surface area contributed by atoms with E-state index in [-0.39, 0.29) is 27.7 Å². The van der Waals surface area contributed by atoms with Crippen molar-refractivity contribution in [1.82, 2.24) is 19.5 Å². The first-order chi connectivity index (χ1) is 16.2. The number of aromatic nitrogens is 4. The van der Waals surface area contributed by atoms with Crippen molar-refractivity contribution < 1.29 is 9.18 Å². The Morgan fingerprint density at radius 3 is 2.56 bits per heavy atom. The first-order valence-corrected chi connectivity index (χ1v) is 12.2. The van der Waals surface area contributed by atoms with E-state index in [1.165, 1.54) is 18.6 Å². The Labute approximate surface area is 206 Å². The summed E-state index contributed by atoms with van der Waals surface area (Å²) in [7, 11) is 0. The molecular formula is C23H26Cl2FN7O. The number of nitrogens with two attached hydrogens (primary N) is 1. The van der Waals surface area contributed by atoms with Crippen LogP contribution in [0, 0.1) is 11.2 Å². The molecule has 4 N–H and O–H groups in total. The molecule has 1 amide bonds. The van der Waals surface area contributed by atoms with E-state index in [1.807, 2.05) is 11.5 Å². The van der Waals surface area contributed by atoms with Gasteiger partial charge in [0.1, 0.15) is 11.3 Å². The summed E-state index contributed by atoms with van der Waals surface area (Å²) >= 11 is 12.2. The summed E-state index contributed by atoms with van der Waals surface area (Å²) in [5.74, 6) is 0.0721. The van der Waals surface area contributed by atoms with Gasteiger partial charge in [-0.15, -0.1) is 0 Å². The van der Waals surface area contributed by atoms with Crippen LogP contribution in [0.2, 0.25) is 10.0 Å². The van der Waals surface area contributed by atoms with Gasteiger partial charge in [0.25, 0.3) is 0 Å². The number of primary amides is 1. The standard InChI is InChI=1S/C23H26Cl2FN7O/c1-23(20(27)34)7-5-14(6-8-23)33-19-17(11-28-21(32-19)29-13-3-2-4-13)30-22(33)31-18-15(25)9-12(24)10-16(18)26/h9-11,13-14H,2-8H2,1H3,(H2,27,34)(H,30,31)(H,28,29,32)/t14-,23+. The van der Waals surface area contributed by atoms with Gasteiger partial charge in [-0.3, -0.25) is 9.36 Å². The lowest BCUT2D eigenvalue weighted by Gasteiger charge is -2.35. The minimum Gasteiger partial charge on any atom is -0.369 e. The molecule has 2 aliphatic rings. The number of nitrogens with zero attached hydrogens (tertiary/aromatic N) is 4. The van der Waals surface area contributed by atoms with E-state index in [2.05, 4.69) is 20.6 Å². The molecule has 180 valence electrons. The van der Waals surface area contributed by atoms with Crippen LogP contribution in [0.4, 0.5) is 22.0 Å². The smallest absolute Gasteiger partial charge is 0.224 e. The van der Waals surface area contributed by atoms with Crippen LogP contribution in [-0.4, -0.2) is 31.5 Å². The molecule has 0 aliphatic heterocycles. The lowest BCUT2D eigenvalue weighted by Crippen LogP contribution is -2.38. The van der Waals surface area contributed by atoms with Crippen LogP contribution >= 0.6 is 23.2 Å². The van der Waals surface area contributed by atoms with E-state index in [0.29, 0.717) is 54.8 Å².